The summed E-state index contributed by atoms with van der Waals surface area (Å²) < 4.78 is 0. The van der Waals surface area contributed by atoms with Crippen LogP contribution in [0.5, 0.6) is 0 Å². The largest absolute Gasteiger partial charge is 0.389 e. The molecule has 0 radical (unpaired) electrons. The van der Waals surface area contributed by atoms with Crippen LogP contribution in [0.1, 0.15) is 35.2 Å². The number of rotatable bonds is 4. The van der Waals surface area contributed by atoms with Gasteiger partial charge >= 0.3 is 0 Å². The van der Waals surface area contributed by atoms with E-state index >= 15 is 0 Å². The third-order valence-electron chi connectivity index (χ3n) is 3.17. The van der Waals surface area contributed by atoms with E-state index < -0.39 is 0 Å². The maximum absolute atomic E-state index is 12.1. The van der Waals surface area contributed by atoms with Gasteiger partial charge in [-0.1, -0.05) is 30.8 Å². The zero-order chi connectivity index (χ0) is 13.7. The highest BCUT2D eigenvalue weighted by atomic mass is 32.2. The van der Waals surface area contributed by atoms with Crippen LogP contribution in [0.15, 0.2) is 24.3 Å². The Kier molecular flexibility index (Phi) is 5.22. The molecule has 1 atom stereocenters. The number of thioether (sulfide) groups is 1. The fraction of sp³-hybridized carbons (Fsp3) is 0.429. The van der Waals surface area contributed by atoms with Gasteiger partial charge in [-0.05, 0) is 30.7 Å². The van der Waals surface area contributed by atoms with Crippen LogP contribution in [0.3, 0.4) is 0 Å². The van der Waals surface area contributed by atoms with Crippen molar-refractivity contribution in [2.45, 2.75) is 24.5 Å². The second-order valence-electron chi connectivity index (χ2n) is 4.64. The molecule has 1 amide bonds. The molecule has 1 unspecified atom stereocenters. The number of carbonyl (C=O) groups is 1. The van der Waals surface area contributed by atoms with E-state index in [2.05, 4.69) is 5.32 Å². The van der Waals surface area contributed by atoms with Crippen molar-refractivity contribution < 1.29 is 4.79 Å². The van der Waals surface area contributed by atoms with Crippen molar-refractivity contribution in [3.63, 3.8) is 0 Å². The fourth-order valence-electron chi connectivity index (χ4n) is 2.09. The second kappa shape index (κ2) is 6.91. The van der Waals surface area contributed by atoms with Gasteiger partial charge in [0.1, 0.15) is 4.99 Å². The third-order valence-corrected chi connectivity index (χ3v) is 4.81. The van der Waals surface area contributed by atoms with E-state index in [0.29, 0.717) is 15.8 Å². The molecule has 102 valence electrons. The average Bonchev–Trinajstić information content (AvgIpc) is 2.46. The molecular formula is C14H18N2OS2. The van der Waals surface area contributed by atoms with Crippen molar-refractivity contribution >= 4 is 34.9 Å². The summed E-state index contributed by atoms with van der Waals surface area (Å²) in [5.74, 6) is 1.15. The Morgan fingerprint density at radius 2 is 2.21 bits per heavy atom. The molecule has 5 heteroatoms. The Bertz CT molecular complexity index is 470. The molecule has 1 aromatic rings. The predicted octanol–water partition coefficient (Wildman–Crippen LogP) is 2.34. The van der Waals surface area contributed by atoms with Gasteiger partial charge in [0.25, 0.3) is 5.91 Å². The highest BCUT2D eigenvalue weighted by Gasteiger charge is 2.15. The van der Waals surface area contributed by atoms with Gasteiger partial charge in [-0.2, -0.15) is 11.8 Å². The lowest BCUT2D eigenvalue weighted by atomic mass is 10.1. The van der Waals surface area contributed by atoms with Crippen molar-refractivity contribution in [1.82, 2.24) is 5.32 Å². The zero-order valence-corrected chi connectivity index (χ0v) is 12.4. The molecule has 1 heterocycles. The van der Waals surface area contributed by atoms with E-state index in [1.807, 2.05) is 17.8 Å². The van der Waals surface area contributed by atoms with Gasteiger partial charge in [0.05, 0.1) is 0 Å². The van der Waals surface area contributed by atoms with Crippen LogP contribution in [0.4, 0.5) is 0 Å². The van der Waals surface area contributed by atoms with E-state index in [1.165, 1.54) is 25.0 Å². The Balaban J connectivity index is 1.92. The van der Waals surface area contributed by atoms with Crippen LogP contribution in [-0.2, 0) is 0 Å². The highest BCUT2D eigenvalue weighted by Crippen LogP contribution is 2.24. The number of hydrogen-bond acceptors (Lipinski definition) is 3. The van der Waals surface area contributed by atoms with Crippen LogP contribution in [0.25, 0.3) is 0 Å². The molecule has 1 aliphatic rings. The predicted molar refractivity (Wildman–Crippen MR) is 84.8 cm³/mol. The topological polar surface area (TPSA) is 55.1 Å². The summed E-state index contributed by atoms with van der Waals surface area (Å²) in [6.45, 7) is 0.737. The smallest absolute Gasteiger partial charge is 0.251 e. The Morgan fingerprint density at radius 1 is 1.42 bits per heavy atom. The summed E-state index contributed by atoms with van der Waals surface area (Å²) in [5, 5.41) is 3.54. The first-order valence-electron chi connectivity index (χ1n) is 6.46. The van der Waals surface area contributed by atoms with Crippen molar-refractivity contribution in [1.29, 1.82) is 0 Å². The molecule has 1 aliphatic heterocycles. The van der Waals surface area contributed by atoms with Crippen LogP contribution < -0.4 is 11.1 Å². The summed E-state index contributed by atoms with van der Waals surface area (Å²) in [6.07, 6.45) is 3.76. The molecule has 1 saturated heterocycles. The van der Waals surface area contributed by atoms with Crippen LogP contribution in [-0.4, -0.2) is 28.4 Å². The highest BCUT2D eigenvalue weighted by molar-refractivity contribution is 7.99. The van der Waals surface area contributed by atoms with Crippen molar-refractivity contribution in [2.24, 2.45) is 5.73 Å². The summed E-state index contributed by atoms with van der Waals surface area (Å²) in [7, 11) is 0. The quantitative estimate of drug-likeness (QED) is 0.837. The average molecular weight is 294 g/mol. The molecule has 0 bridgehead atoms. The first-order valence-corrected chi connectivity index (χ1v) is 7.92. The molecule has 0 aliphatic carbocycles. The minimum absolute atomic E-state index is 0.0516. The molecule has 3 N–H and O–H groups in total. The van der Waals surface area contributed by atoms with Gasteiger partial charge in [0, 0.05) is 22.9 Å². The van der Waals surface area contributed by atoms with E-state index in [-0.39, 0.29) is 5.91 Å². The van der Waals surface area contributed by atoms with Crippen LogP contribution in [0, 0.1) is 0 Å². The van der Waals surface area contributed by atoms with Crippen molar-refractivity contribution in [3.8, 4) is 0 Å². The molecular weight excluding hydrogens is 276 g/mol. The zero-order valence-electron chi connectivity index (χ0n) is 10.7. The minimum atomic E-state index is -0.0516. The normalized spacial score (nSPS) is 18.8. The lowest BCUT2D eigenvalue weighted by Gasteiger charge is -2.21. The number of benzene rings is 1. The number of carbonyl (C=O) groups excluding carboxylic acids is 1. The maximum Gasteiger partial charge on any atom is 0.251 e. The van der Waals surface area contributed by atoms with E-state index in [1.54, 1.807) is 18.2 Å². The summed E-state index contributed by atoms with van der Waals surface area (Å²) in [4.78, 5) is 12.4. The van der Waals surface area contributed by atoms with Crippen molar-refractivity contribution in [3.05, 3.63) is 35.4 Å². The SMILES string of the molecule is NC(=S)c1cccc(C(=O)NCC2CCCCS2)c1. The van der Waals surface area contributed by atoms with E-state index in [4.69, 9.17) is 18.0 Å². The lowest BCUT2D eigenvalue weighted by molar-refractivity contribution is 0.0953. The van der Waals surface area contributed by atoms with Gasteiger partial charge in [0.2, 0.25) is 0 Å². The van der Waals surface area contributed by atoms with Crippen molar-refractivity contribution in [2.75, 3.05) is 12.3 Å². The lowest BCUT2D eigenvalue weighted by Crippen LogP contribution is -2.32. The molecule has 3 nitrogen and oxygen atoms in total. The number of nitrogens with one attached hydrogen (secondary N) is 1. The maximum atomic E-state index is 12.1. The number of amides is 1. The standard InChI is InChI=1S/C14H18N2OS2/c15-13(18)10-4-3-5-11(8-10)14(17)16-9-12-6-1-2-7-19-12/h3-5,8,12H,1-2,6-7,9H2,(H2,15,18)(H,16,17). The fourth-order valence-corrected chi connectivity index (χ4v) is 3.46. The summed E-state index contributed by atoms with van der Waals surface area (Å²) >= 11 is 6.87. The van der Waals surface area contributed by atoms with E-state index in [0.717, 1.165) is 12.1 Å². The first-order chi connectivity index (χ1) is 9.16. The second-order valence-corrected chi connectivity index (χ2v) is 6.49. The number of nitrogens with two attached hydrogens (primary N) is 1. The first kappa shape index (κ1) is 14.3. The van der Waals surface area contributed by atoms with Gasteiger partial charge in [-0.25, -0.2) is 0 Å². The summed E-state index contributed by atoms with van der Waals surface area (Å²) in [6, 6.07) is 7.14. The third kappa shape index (κ3) is 4.21. The van der Waals surface area contributed by atoms with E-state index in [9.17, 15) is 4.79 Å². The number of thiocarbonyl (C=S) groups is 1. The van der Waals surface area contributed by atoms with Gasteiger partial charge < -0.3 is 11.1 Å². The summed E-state index contributed by atoms with van der Waals surface area (Å²) in [5.41, 5.74) is 6.92. The Morgan fingerprint density at radius 3 is 2.89 bits per heavy atom. The molecule has 0 saturated carbocycles. The van der Waals surface area contributed by atoms with Gasteiger partial charge in [-0.15, -0.1) is 0 Å². The molecule has 0 aromatic heterocycles. The molecule has 1 fully saturated rings. The Hall–Kier alpha value is -1.07. The van der Waals surface area contributed by atoms with Gasteiger partial charge in [-0.3, -0.25) is 4.79 Å². The monoisotopic (exact) mass is 294 g/mol. The number of hydrogen-bond donors (Lipinski definition) is 2. The van der Waals surface area contributed by atoms with Crippen LogP contribution in [0.2, 0.25) is 0 Å². The molecule has 19 heavy (non-hydrogen) atoms. The molecule has 1 aromatic carbocycles. The molecule has 0 spiro atoms. The minimum Gasteiger partial charge on any atom is -0.389 e. The van der Waals surface area contributed by atoms with Gasteiger partial charge in [0.15, 0.2) is 0 Å². The Labute approximate surface area is 123 Å². The molecule has 2 rings (SSSR count). The van der Waals surface area contributed by atoms with Crippen LogP contribution >= 0.6 is 24.0 Å².